The summed E-state index contributed by atoms with van der Waals surface area (Å²) in [4.78, 5) is 2.35. The maximum atomic E-state index is 11.0. The Morgan fingerprint density at radius 3 is 2.51 bits per heavy atom. The first-order valence-corrected chi connectivity index (χ1v) is 14.1. The van der Waals surface area contributed by atoms with Gasteiger partial charge in [0.05, 0.1) is 45.3 Å². The van der Waals surface area contributed by atoms with E-state index in [0.29, 0.717) is 49.3 Å². The Kier molecular flexibility index (Phi) is 9.84. The van der Waals surface area contributed by atoms with Gasteiger partial charge in [-0.1, -0.05) is 18.2 Å². The van der Waals surface area contributed by atoms with Crippen LogP contribution in [0.15, 0.2) is 60.7 Å². The summed E-state index contributed by atoms with van der Waals surface area (Å²) >= 11 is 0. The molecule has 9 nitrogen and oxygen atoms in total. The van der Waals surface area contributed by atoms with Crippen molar-refractivity contribution >= 4 is 5.69 Å². The molecular weight excluding hydrogens is 524 g/mol. The summed E-state index contributed by atoms with van der Waals surface area (Å²) < 4.78 is 34.3. The molecule has 3 atom stereocenters. The molecule has 3 aromatic carbocycles. The van der Waals surface area contributed by atoms with Crippen LogP contribution in [0.2, 0.25) is 0 Å². The van der Waals surface area contributed by atoms with Crippen molar-refractivity contribution in [3.05, 3.63) is 71.8 Å². The molecule has 1 saturated heterocycles. The largest absolute Gasteiger partial charge is 0.493 e. The third kappa shape index (κ3) is 7.05. The van der Waals surface area contributed by atoms with Gasteiger partial charge in [0.25, 0.3) is 0 Å². The van der Waals surface area contributed by atoms with Crippen molar-refractivity contribution in [3.8, 4) is 28.7 Å². The van der Waals surface area contributed by atoms with Crippen molar-refractivity contribution in [2.45, 2.75) is 31.2 Å². The molecule has 0 aromatic heterocycles. The molecule has 0 unspecified atom stereocenters. The molecule has 0 aliphatic carbocycles. The van der Waals surface area contributed by atoms with Crippen LogP contribution in [0.3, 0.4) is 0 Å². The molecule has 0 saturated carbocycles. The zero-order chi connectivity index (χ0) is 28.6. The second kappa shape index (κ2) is 13.9. The van der Waals surface area contributed by atoms with Gasteiger partial charge in [-0.15, -0.1) is 0 Å². The number of nitrogens with zero attached hydrogens (tertiary/aromatic N) is 1. The van der Waals surface area contributed by atoms with Crippen molar-refractivity contribution in [3.63, 3.8) is 0 Å². The minimum absolute atomic E-state index is 0.169. The zero-order valence-electron chi connectivity index (χ0n) is 24.0. The summed E-state index contributed by atoms with van der Waals surface area (Å²) in [5, 5.41) is 14.3. The van der Waals surface area contributed by atoms with Gasteiger partial charge in [0, 0.05) is 45.3 Å². The van der Waals surface area contributed by atoms with Crippen LogP contribution in [0, 0.1) is 0 Å². The van der Waals surface area contributed by atoms with Gasteiger partial charge >= 0.3 is 0 Å². The van der Waals surface area contributed by atoms with Crippen LogP contribution in [-0.4, -0.2) is 78.0 Å². The number of piperidine rings is 1. The van der Waals surface area contributed by atoms with Gasteiger partial charge in [0.2, 0.25) is 0 Å². The topological polar surface area (TPSA) is 90.9 Å². The Morgan fingerprint density at radius 2 is 1.73 bits per heavy atom. The van der Waals surface area contributed by atoms with Crippen LogP contribution in [-0.2, 0) is 16.1 Å². The SMILES string of the molecule is COCCCN1CCOc2ccc(CO[C@H]3CNC[C@@H](O)[C@@H]3c3ccc(Oc4ccc(OC)c(OC)c4)cc3)cc21. The van der Waals surface area contributed by atoms with Crippen LogP contribution in [0.5, 0.6) is 28.7 Å². The van der Waals surface area contributed by atoms with E-state index in [0.717, 1.165) is 48.7 Å². The molecule has 9 heteroatoms. The molecule has 3 aromatic rings. The lowest BCUT2D eigenvalue weighted by molar-refractivity contribution is -0.0328. The van der Waals surface area contributed by atoms with Gasteiger partial charge in [0.1, 0.15) is 23.9 Å². The van der Waals surface area contributed by atoms with E-state index < -0.39 is 6.10 Å². The monoisotopic (exact) mass is 564 g/mol. The fourth-order valence-electron chi connectivity index (χ4n) is 5.49. The zero-order valence-corrected chi connectivity index (χ0v) is 24.0. The minimum Gasteiger partial charge on any atom is -0.493 e. The van der Waals surface area contributed by atoms with Crippen LogP contribution >= 0.6 is 0 Å². The fourth-order valence-corrected chi connectivity index (χ4v) is 5.49. The average Bonchev–Trinajstić information content (AvgIpc) is 3.00. The molecule has 0 amide bonds. The predicted octanol–water partition coefficient (Wildman–Crippen LogP) is 4.36. The second-order valence-electron chi connectivity index (χ2n) is 10.3. The van der Waals surface area contributed by atoms with Crippen LogP contribution in [0.1, 0.15) is 23.5 Å². The summed E-state index contributed by atoms with van der Waals surface area (Å²) in [6.07, 6.45) is 0.197. The highest BCUT2D eigenvalue weighted by Gasteiger charge is 2.34. The van der Waals surface area contributed by atoms with Crippen molar-refractivity contribution in [2.24, 2.45) is 0 Å². The van der Waals surface area contributed by atoms with E-state index in [1.165, 1.54) is 0 Å². The van der Waals surface area contributed by atoms with Gasteiger partial charge < -0.3 is 43.7 Å². The first-order valence-electron chi connectivity index (χ1n) is 14.1. The predicted molar refractivity (Wildman–Crippen MR) is 157 cm³/mol. The molecule has 220 valence electrons. The summed E-state index contributed by atoms with van der Waals surface area (Å²) in [6.45, 7) is 4.80. The number of β-amino-alcohol motifs (C(OH)–C–C–N with tert-alkyl or cyclic N) is 1. The number of anilines is 1. The number of benzene rings is 3. The van der Waals surface area contributed by atoms with E-state index >= 15 is 0 Å². The molecule has 0 spiro atoms. The van der Waals surface area contributed by atoms with E-state index in [2.05, 4.69) is 22.3 Å². The molecule has 2 heterocycles. The molecule has 41 heavy (non-hydrogen) atoms. The van der Waals surface area contributed by atoms with Gasteiger partial charge in [-0.25, -0.2) is 0 Å². The Balaban J connectivity index is 1.25. The summed E-state index contributed by atoms with van der Waals surface area (Å²) in [5.74, 6) is 3.31. The lowest BCUT2D eigenvalue weighted by Gasteiger charge is -2.36. The van der Waals surface area contributed by atoms with E-state index in [9.17, 15) is 5.11 Å². The molecule has 2 aliphatic rings. The Hall–Kier alpha value is -3.50. The number of nitrogens with one attached hydrogen (secondary N) is 1. The summed E-state index contributed by atoms with van der Waals surface area (Å²) in [7, 11) is 4.93. The van der Waals surface area contributed by atoms with Gasteiger partial charge in [0.15, 0.2) is 11.5 Å². The first-order chi connectivity index (χ1) is 20.1. The van der Waals surface area contributed by atoms with E-state index in [1.54, 1.807) is 27.4 Å². The maximum absolute atomic E-state index is 11.0. The lowest BCUT2D eigenvalue weighted by atomic mass is 9.85. The quantitative estimate of drug-likeness (QED) is 0.311. The fraction of sp³-hybridized carbons (Fsp3) is 0.438. The average molecular weight is 565 g/mol. The number of methoxy groups -OCH3 is 3. The molecule has 5 rings (SSSR count). The van der Waals surface area contributed by atoms with Crippen molar-refractivity contribution < 1.29 is 33.5 Å². The molecule has 1 fully saturated rings. The third-order valence-corrected chi connectivity index (χ3v) is 7.59. The normalized spacial score (nSPS) is 20.2. The lowest BCUT2D eigenvalue weighted by Crippen LogP contribution is -2.49. The molecular formula is C32H40N2O7. The Morgan fingerprint density at radius 1 is 0.927 bits per heavy atom. The minimum atomic E-state index is -0.570. The third-order valence-electron chi connectivity index (χ3n) is 7.59. The van der Waals surface area contributed by atoms with Gasteiger partial charge in [-0.2, -0.15) is 0 Å². The smallest absolute Gasteiger partial charge is 0.164 e. The second-order valence-corrected chi connectivity index (χ2v) is 10.3. The van der Waals surface area contributed by atoms with Crippen molar-refractivity contribution in [1.82, 2.24) is 5.32 Å². The summed E-state index contributed by atoms with van der Waals surface area (Å²) in [5.41, 5.74) is 3.17. The van der Waals surface area contributed by atoms with Crippen molar-refractivity contribution in [1.29, 1.82) is 0 Å². The Bertz CT molecular complexity index is 1270. The van der Waals surface area contributed by atoms with E-state index in [-0.39, 0.29) is 12.0 Å². The number of aliphatic hydroxyl groups excluding tert-OH is 1. The highest BCUT2D eigenvalue weighted by atomic mass is 16.5. The highest BCUT2D eigenvalue weighted by molar-refractivity contribution is 5.61. The summed E-state index contributed by atoms with van der Waals surface area (Å²) in [6, 6.07) is 19.5. The van der Waals surface area contributed by atoms with Crippen LogP contribution < -0.4 is 29.2 Å². The molecule has 2 N–H and O–H groups in total. The molecule has 0 bridgehead atoms. The number of hydrogen-bond acceptors (Lipinski definition) is 9. The van der Waals surface area contributed by atoms with E-state index in [4.69, 9.17) is 28.4 Å². The number of fused-ring (bicyclic) bond motifs is 1. The number of hydrogen-bond donors (Lipinski definition) is 2. The van der Waals surface area contributed by atoms with Gasteiger partial charge in [-0.05, 0) is 53.9 Å². The number of rotatable bonds is 12. The maximum Gasteiger partial charge on any atom is 0.164 e. The first kappa shape index (κ1) is 29.0. The molecule has 2 aliphatic heterocycles. The van der Waals surface area contributed by atoms with Crippen molar-refractivity contribution in [2.75, 3.05) is 65.6 Å². The van der Waals surface area contributed by atoms with Crippen LogP contribution in [0.4, 0.5) is 5.69 Å². The standard InChI is InChI=1S/C32H40N2O7/c1-36-15-4-13-34-14-16-39-28-11-5-22(17-26(28)34)21-40-31-20-33-19-27(35)32(31)23-6-8-24(9-7-23)41-25-10-12-29(37-2)30(18-25)38-3/h5-12,17-18,27,31-33,35H,4,13-16,19-21H2,1-3H3/t27-,31+,32+/m1/s1. The van der Waals surface area contributed by atoms with Gasteiger partial charge in [-0.3, -0.25) is 0 Å². The Labute approximate surface area is 241 Å². The number of aliphatic hydroxyl groups is 1. The highest BCUT2D eigenvalue weighted by Crippen LogP contribution is 2.36. The number of ether oxygens (including phenoxy) is 6. The van der Waals surface area contributed by atoms with E-state index in [1.807, 2.05) is 42.5 Å². The molecule has 0 radical (unpaired) electrons. The van der Waals surface area contributed by atoms with Crippen LogP contribution in [0.25, 0.3) is 0 Å².